The molecule has 1 N–H and O–H groups in total. The van der Waals surface area contributed by atoms with E-state index >= 15 is 0 Å². The number of ether oxygens (including phenoxy) is 1. The molecule has 6 rings (SSSR count). The van der Waals surface area contributed by atoms with Crippen LogP contribution in [0, 0.1) is 25.7 Å². The second-order valence-electron chi connectivity index (χ2n) is 11.7. The molecule has 4 aliphatic rings. The Kier molecular flexibility index (Phi) is 7.10. The number of hydrogen-bond donors (Lipinski definition) is 1. The third kappa shape index (κ3) is 4.34. The van der Waals surface area contributed by atoms with Crippen molar-refractivity contribution in [3.05, 3.63) is 89.5 Å². The Hall–Kier alpha value is -3.36. The van der Waals surface area contributed by atoms with E-state index in [4.69, 9.17) is 4.74 Å². The predicted octanol–water partition coefficient (Wildman–Crippen LogP) is 4.00. The van der Waals surface area contributed by atoms with Gasteiger partial charge < -0.3 is 19.6 Å². The zero-order valence-electron chi connectivity index (χ0n) is 23.7. The lowest BCUT2D eigenvalue weighted by molar-refractivity contribution is -0.154. The Morgan fingerprint density at radius 2 is 1.71 bits per heavy atom. The SMILES string of the molecule is Cc1cccc(C)c1N1CC=C[C@]23S[C@]4(C)C=CCCOC(=O)[C@@H]4[C@H]2C(=O)N([C@@H](CO)Cc2ccccc2)C3C1=O. The van der Waals surface area contributed by atoms with E-state index in [9.17, 15) is 19.5 Å². The summed E-state index contributed by atoms with van der Waals surface area (Å²) in [7, 11) is 0. The highest BCUT2D eigenvalue weighted by Crippen LogP contribution is 2.65. The maximum atomic E-state index is 14.9. The summed E-state index contributed by atoms with van der Waals surface area (Å²) in [6.45, 7) is 6.25. The van der Waals surface area contributed by atoms with Crippen molar-refractivity contribution in [1.29, 1.82) is 0 Å². The first-order valence-electron chi connectivity index (χ1n) is 14.3. The van der Waals surface area contributed by atoms with Crippen LogP contribution in [0.1, 0.15) is 30.0 Å². The molecule has 41 heavy (non-hydrogen) atoms. The average Bonchev–Trinajstić information content (AvgIpc) is 3.27. The van der Waals surface area contributed by atoms with Crippen LogP contribution in [-0.4, -0.2) is 69.1 Å². The minimum Gasteiger partial charge on any atom is -0.465 e. The van der Waals surface area contributed by atoms with Crippen LogP contribution in [-0.2, 0) is 25.5 Å². The number of fused-ring (bicyclic) bond motifs is 2. The van der Waals surface area contributed by atoms with Crippen LogP contribution in [0.25, 0.3) is 0 Å². The number of hydrogen-bond acceptors (Lipinski definition) is 6. The normalized spacial score (nSPS) is 31.6. The monoisotopic (exact) mass is 572 g/mol. The van der Waals surface area contributed by atoms with Gasteiger partial charge in [0.2, 0.25) is 5.91 Å². The largest absolute Gasteiger partial charge is 0.465 e. The lowest BCUT2D eigenvalue weighted by atomic mass is 9.74. The van der Waals surface area contributed by atoms with Crippen molar-refractivity contribution in [2.75, 3.05) is 24.7 Å². The summed E-state index contributed by atoms with van der Waals surface area (Å²) in [5, 5.41) is 10.7. The molecule has 0 saturated carbocycles. The third-order valence-electron chi connectivity index (χ3n) is 9.09. The summed E-state index contributed by atoms with van der Waals surface area (Å²) < 4.78 is 3.92. The highest BCUT2D eigenvalue weighted by molar-refractivity contribution is 8.02. The summed E-state index contributed by atoms with van der Waals surface area (Å²) >= 11 is 1.52. The summed E-state index contributed by atoms with van der Waals surface area (Å²) in [6.07, 6.45) is 9.02. The fraction of sp³-hybridized carbons (Fsp3) is 0.424. The molecule has 2 amide bonds. The number of rotatable bonds is 5. The third-order valence-corrected chi connectivity index (χ3v) is 10.9. The number of nitrogens with zero attached hydrogens (tertiary/aromatic N) is 2. The number of aliphatic hydroxyl groups excluding tert-OH is 1. The first-order chi connectivity index (χ1) is 19.7. The van der Waals surface area contributed by atoms with Gasteiger partial charge in [0.15, 0.2) is 0 Å². The van der Waals surface area contributed by atoms with Crippen molar-refractivity contribution in [3.8, 4) is 0 Å². The van der Waals surface area contributed by atoms with E-state index in [1.165, 1.54) is 11.8 Å². The average molecular weight is 573 g/mol. The number of cyclic esters (lactones) is 1. The number of anilines is 1. The number of esters is 1. The molecule has 4 heterocycles. The minimum atomic E-state index is -1.00. The molecule has 4 aliphatic heterocycles. The fourth-order valence-electron chi connectivity index (χ4n) is 7.39. The summed E-state index contributed by atoms with van der Waals surface area (Å²) in [5.74, 6) is -2.44. The lowest BCUT2D eigenvalue weighted by Gasteiger charge is -2.40. The highest BCUT2D eigenvalue weighted by Gasteiger charge is 2.74. The number of carbonyl (C=O) groups is 3. The van der Waals surface area contributed by atoms with Crippen LogP contribution in [0.5, 0.6) is 0 Å². The minimum absolute atomic E-state index is 0.197. The zero-order chi connectivity index (χ0) is 28.9. The van der Waals surface area contributed by atoms with E-state index in [1.807, 2.05) is 93.6 Å². The van der Waals surface area contributed by atoms with Gasteiger partial charge in [0.25, 0.3) is 5.91 Å². The van der Waals surface area contributed by atoms with Gasteiger partial charge in [-0.3, -0.25) is 14.4 Å². The van der Waals surface area contributed by atoms with E-state index in [1.54, 1.807) is 9.80 Å². The standard InChI is InChI=1S/C33H36N2O5S/c1-21-11-9-12-22(2)27(21)34-17-10-16-33-25(26-31(39)40-18-8-7-15-32(26,3)41-33)29(37)35(28(33)30(34)38)24(20-36)19-23-13-5-4-6-14-23/h4-7,9-16,24-26,28,36H,8,17-20H2,1-3H3/t24-,25+,26+,28?,32-,33+/m1/s1. The number of benzene rings is 2. The second kappa shape index (κ2) is 10.5. The zero-order valence-corrected chi connectivity index (χ0v) is 24.5. The lowest BCUT2D eigenvalue weighted by Crippen LogP contribution is -2.57. The Bertz CT molecular complexity index is 1420. The van der Waals surface area contributed by atoms with Gasteiger partial charge in [-0.15, -0.1) is 11.8 Å². The number of aryl methyl sites for hydroxylation is 2. The fourth-order valence-corrected chi connectivity index (χ4v) is 9.53. The van der Waals surface area contributed by atoms with Gasteiger partial charge in [0, 0.05) is 17.0 Å². The van der Waals surface area contributed by atoms with Crippen LogP contribution >= 0.6 is 11.8 Å². The number of carbonyl (C=O) groups excluding carboxylic acids is 3. The number of thioether (sulfide) groups is 1. The molecule has 214 valence electrons. The molecular formula is C33H36N2O5S. The van der Waals surface area contributed by atoms with Crippen molar-refractivity contribution in [1.82, 2.24) is 4.90 Å². The molecule has 7 nitrogen and oxygen atoms in total. The van der Waals surface area contributed by atoms with Crippen LogP contribution in [0.3, 0.4) is 0 Å². The van der Waals surface area contributed by atoms with E-state index in [2.05, 4.69) is 0 Å². The van der Waals surface area contributed by atoms with Gasteiger partial charge in [-0.25, -0.2) is 0 Å². The molecule has 0 aromatic heterocycles. The first-order valence-corrected chi connectivity index (χ1v) is 15.1. The summed E-state index contributed by atoms with van der Waals surface area (Å²) in [6, 6.07) is 14.1. The highest BCUT2D eigenvalue weighted by atomic mass is 32.2. The quantitative estimate of drug-likeness (QED) is 0.431. The number of aliphatic hydroxyl groups is 1. The van der Waals surface area contributed by atoms with Crippen molar-refractivity contribution in [2.45, 2.75) is 55.2 Å². The topological polar surface area (TPSA) is 87.2 Å². The smallest absolute Gasteiger partial charge is 0.311 e. The van der Waals surface area contributed by atoms with E-state index in [0.29, 0.717) is 19.4 Å². The second-order valence-corrected chi connectivity index (χ2v) is 13.5. The first kappa shape index (κ1) is 27.8. The van der Waals surface area contributed by atoms with Gasteiger partial charge in [0.05, 0.1) is 35.8 Å². The van der Waals surface area contributed by atoms with E-state index < -0.39 is 39.4 Å². The van der Waals surface area contributed by atoms with E-state index in [-0.39, 0.29) is 25.0 Å². The molecule has 2 aromatic carbocycles. The predicted molar refractivity (Wildman–Crippen MR) is 159 cm³/mol. The number of para-hydroxylation sites is 1. The van der Waals surface area contributed by atoms with Crippen LogP contribution < -0.4 is 4.90 Å². The van der Waals surface area contributed by atoms with Crippen molar-refractivity contribution in [2.24, 2.45) is 11.8 Å². The maximum Gasteiger partial charge on any atom is 0.311 e. The van der Waals surface area contributed by atoms with Gasteiger partial charge in [0.1, 0.15) is 6.04 Å². The Balaban J connectivity index is 1.52. The van der Waals surface area contributed by atoms with Crippen molar-refractivity contribution in [3.63, 3.8) is 0 Å². The van der Waals surface area contributed by atoms with Crippen molar-refractivity contribution >= 4 is 35.2 Å². The molecule has 0 bridgehead atoms. The van der Waals surface area contributed by atoms with E-state index in [0.717, 1.165) is 22.4 Å². The summed E-state index contributed by atoms with van der Waals surface area (Å²) in [5.41, 5.74) is 3.73. The molecule has 2 fully saturated rings. The Labute approximate surface area is 245 Å². The van der Waals surface area contributed by atoms with Crippen LogP contribution in [0.15, 0.2) is 72.8 Å². The maximum absolute atomic E-state index is 14.9. The van der Waals surface area contributed by atoms with Crippen LogP contribution in [0.4, 0.5) is 5.69 Å². The van der Waals surface area contributed by atoms with Gasteiger partial charge in [-0.2, -0.15) is 0 Å². The number of likely N-dealkylation sites (tertiary alicyclic amines) is 1. The molecule has 6 atom stereocenters. The molecule has 1 spiro atoms. The number of amides is 2. The van der Waals surface area contributed by atoms with Crippen molar-refractivity contribution < 1.29 is 24.2 Å². The molecule has 8 heteroatoms. The molecule has 2 aromatic rings. The summed E-state index contributed by atoms with van der Waals surface area (Å²) in [4.78, 5) is 46.5. The van der Waals surface area contributed by atoms with Gasteiger partial charge >= 0.3 is 5.97 Å². The molecule has 1 unspecified atom stereocenters. The molecular weight excluding hydrogens is 536 g/mol. The van der Waals surface area contributed by atoms with Gasteiger partial charge in [-0.1, -0.05) is 72.8 Å². The van der Waals surface area contributed by atoms with Gasteiger partial charge in [-0.05, 0) is 50.3 Å². The molecule has 2 saturated heterocycles. The Morgan fingerprint density at radius 1 is 0.976 bits per heavy atom. The molecule has 0 aliphatic carbocycles. The Morgan fingerprint density at radius 3 is 2.41 bits per heavy atom. The van der Waals surface area contributed by atoms with Crippen LogP contribution in [0.2, 0.25) is 0 Å². The molecule has 0 radical (unpaired) electrons.